The van der Waals surface area contributed by atoms with Gasteiger partial charge in [-0.3, -0.25) is 4.90 Å². The van der Waals surface area contributed by atoms with E-state index >= 15 is 4.39 Å². The van der Waals surface area contributed by atoms with E-state index in [1.807, 2.05) is 0 Å². The third-order valence-corrected chi connectivity index (χ3v) is 6.29. The number of aromatic nitrogens is 1. The third kappa shape index (κ3) is 3.22. The highest BCUT2D eigenvalue weighted by molar-refractivity contribution is 5.85. The fourth-order valence-electron chi connectivity index (χ4n) is 4.88. The van der Waals surface area contributed by atoms with E-state index in [1.54, 1.807) is 0 Å². The van der Waals surface area contributed by atoms with Gasteiger partial charge in [-0.25, -0.2) is 4.39 Å². The van der Waals surface area contributed by atoms with Gasteiger partial charge in [0.15, 0.2) is 5.67 Å². The van der Waals surface area contributed by atoms with Crippen molar-refractivity contribution >= 4 is 16.6 Å². The lowest BCUT2D eigenvalue weighted by Gasteiger charge is -2.46. The Balaban J connectivity index is 1.64. The van der Waals surface area contributed by atoms with Gasteiger partial charge in [0.25, 0.3) is 0 Å². The molecule has 0 spiro atoms. The summed E-state index contributed by atoms with van der Waals surface area (Å²) in [6.07, 6.45) is 0.916. The van der Waals surface area contributed by atoms with Crippen molar-refractivity contribution in [1.29, 1.82) is 0 Å². The van der Waals surface area contributed by atoms with Crippen molar-refractivity contribution in [1.82, 2.24) is 9.88 Å². The zero-order valence-electron chi connectivity index (χ0n) is 17.0. The van der Waals surface area contributed by atoms with E-state index in [0.717, 1.165) is 24.2 Å². The van der Waals surface area contributed by atoms with Gasteiger partial charge in [0.05, 0.1) is 19.3 Å². The van der Waals surface area contributed by atoms with Crippen LogP contribution in [0.3, 0.4) is 0 Å². The number of fused-ring (bicyclic) bond motifs is 3. The monoisotopic (exact) mass is 393 g/mol. The van der Waals surface area contributed by atoms with E-state index in [0.29, 0.717) is 6.54 Å². The van der Waals surface area contributed by atoms with Crippen molar-refractivity contribution < 1.29 is 9.13 Å². The number of anilines is 1. The van der Waals surface area contributed by atoms with Crippen molar-refractivity contribution in [2.45, 2.75) is 38.0 Å². The number of alkyl halides is 1. The number of nitrogens with zero attached hydrogens (tertiary/aromatic N) is 1. The van der Waals surface area contributed by atoms with Gasteiger partial charge in [-0.1, -0.05) is 30.3 Å². The molecule has 4 nitrogen and oxygen atoms in total. The quantitative estimate of drug-likeness (QED) is 0.662. The summed E-state index contributed by atoms with van der Waals surface area (Å²) in [5.41, 5.74) is 4.74. The number of hydrogen-bond acceptors (Lipinski definition) is 3. The van der Waals surface area contributed by atoms with E-state index < -0.39 is 5.67 Å². The lowest BCUT2D eigenvalue weighted by atomic mass is 9.87. The summed E-state index contributed by atoms with van der Waals surface area (Å²) >= 11 is 0. The van der Waals surface area contributed by atoms with Gasteiger partial charge in [0.1, 0.15) is 0 Å². The van der Waals surface area contributed by atoms with E-state index in [1.165, 1.54) is 22.2 Å². The molecule has 2 N–H and O–H groups in total. The maximum Gasteiger partial charge on any atom is 0.169 e. The van der Waals surface area contributed by atoms with Crippen molar-refractivity contribution in [3.05, 3.63) is 65.4 Å². The molecule has 2 aliphatic heterocycles. The fraction of sp³-hybridized carbons (Fsp3) is 0.417. The Morgan fingerprint density at radius 1 is 1.21 bits per heavy atom. The summed E-state index contributed by atoms with van der Waals surface area (Å²) in [4.78, 5) is 6.00. The Morgan fingerprint density at radius 3 is 2.79 bits per heavy atom. The molecule has 2 atom stereocenters. The van der Waals surface area contributed by atoms with E-state index in [2.05, 4.69) is 77.6 Å². The Labute approximate surface area is 171 Å². The molecule has 5 rings (SSSR count). The maximum atomic E-state index is 15.1. The molecule has 0 unspecified atom stereocenters. The van der Waals surface area contributed by atoms with E-state index in [-0.39, 0.29) is 25.3 Å². The van der Waals surface area contributed by atoms with E-state index in [4.69, 9.17) is 4.74 Å². The van der Waals surface area contributed by atoms with Gasteiger partial charge in [-0.05, 0) is 49.6 Å². The summed E-state index contributed by atoms with van der Waals surface area (Å²) in [6, 6.07) is 17.3. The Bertz CT molecular complexity index is 1030. The number of para-hydroxylation sites is 1. The first-order valence-electron chi connectivity index (χ1n) is 10.5. The van der Waals surface area contributed by atoms with Gasteiger partial charge in [-0.2, -0.15) is 0 Å². The first kappa shape index (κ1) is 18.6. The lowest BCUT2D eigenvalue weighted by Crippen LogP contribution is -2.57. The maximum absolute atomic E-state index is 15.1. The third-order valence-electron chi connectivity index (χ3n) is 6.29. The van der Waals surface area contributed by atoms with Gasteiger partial charge in [0, 0.05) is 41.4 Å². The molecule has 3 aromatic rings. The van der Waals surface area contributed by atoms with Crippen LogP contribution in [-0.4, -0.2) is 47.9 Å². The second kappa shape index (κ2) is 7.15. The summed E-state index contributed by atoms with van der Waals surface area (Å²) in [5.74, 6) is 0. The molecule has 3 heterocycles. The van der Waals surface area contributed by atoms with Crippen LogP contribution in [0.5, 0.6) is 0 Å². The molecule has 5 heteroatoms. The molecule has 1 aromatic heterocycles. The smallest absolute Gasteiger partial charge is 0.169 e. The predicted octanol–water partition coefficient (Wildman–Crippen LogP) is 4.67. The minimum Gasteiger partial charge on any atom is -0.385 e. The summed E-state index contributed by atoms with van der Waals surface area (Å²) in [7, 11) is 0. The largest absolute Gasteiger partial charge is 0.385 e. The van der Waals surface area contributed by atoms with Crippen LogP contribution in [0.1, 0.15) is 36.7 Å². The molecular formula is C24H28FN3O. The van der Waals surface area contributed by atoms with Crippen molar-refractivity contribution in [2.75, 3.05) is 31.6 Å². The van der Waals surface area contributed by atoms with Crippen molar-refractivity contribution in [2.24, 2.45) is 0 Å². The molecule has 152 valence electrons. The Hall–Kier alpha value is -2.37. The molecule has 2 aliphatic rings. The first-order chi connectivity index (χ1) is 14.1. The summed E-state index contributed by atoms with van der Waals surface area (Å²) in [5, 5.41) is 4.69. The number of hydrogen-bond donors (Lipinski definition) is 2. The zero-order chi connectivity index (χ0) is 20.0. The summed E-state index contributed by atoms with van der Waals surface area (Å²) < 4.78 is 20.3. The van der Waals surface area contributed by atoms with Gasteiger partial charge < -0.3 is 15.0 Å². The van der Waals surface area contributed by atoms with Crippen LogP contribution in [-0.2, 0) is 11.2 Å². The molecule has 0 amide bonds. The number of nitrogens with one attached hydrogen (secondary N) is 2. The number of rotatable bonds is 5. The summed E-state index contributed by atoms with van der Waals surface area (Å²) in [6.45, 7) is 5.96. The highest BCUT2D eigenvalue weighted by Gasteiger charge is 2.45. The lowest BCUT2D eigenvalue weighted by molar-refractivity contribution is -0.147. The Morgan fingerprint density at radius 2 is 2.03 bits per heavy atom. The molecule has 0 bridgehead atoms. The molecule has 0 saturated carbocycles. The van der Waals surface area contributed by atoms with Gasteiger partial charge >= 0.3 is 0 Å². The topological polar surface area (TPSA) is 40.3 Å². The second-order valence-electron chi connectivity index (χ2n) is 8.49. The number of benzene rings is 2. The van der Waals surface area contributed by atoms with Crippen LogP contribution in [0.4, 0.5) is 10.1 Å². The standard InChI is InChI=1S/C24H28FN3O/c1-3-26-18-8-6-7-17(12-18)23-22-20(19-9-4-5-10-21(19)27-22)11-16(2)28(23)13-24(25)14-29-15-24/h4-10,12,16,23,26-27H,3,11,13-15H2,1-2H3/t16-,23-/m1/s1. The molecule has 0 aliphatic carbocycles. The number of halogens is 1. The van der Waals surface area contributed by atoms with Crippen LogP contribution >= 0.6 is 0 Å². The number of H-pyrrole nitrogens is 1. The normalized spacial score (nSPS) is 23.6. The molecule has 29 heavy (non-hydrogen) atoms. The van der Waals surface area contributed by atoms with Crippen LogP contribution < -0.4 is 5.32 Å². The predicted molar refractivity (Wildman–Crippen MR) is 115 cm³/mol. The molecule has 1 fully saturated rings. The van der Waals surface area contributed by atoms with Crippen LogP contribution in [0.15, 0.2) is 48.5 Å². The van der Waals surface area contributed by atoms with Crippen molar-refractivity contribution in [3.63, 3.8) is 0 Å². The molecule has 2 aromatic carbocycles. The van der Waals surface area contributed by atoms with Gasteiger partial charge in [0.2, 0.25) is 0 Å². The average Bonchev–Trinajstić information content (AvgIpc) is 3.06. The minimum absolute atomic E-state index is 0.00650. The minimum atomic E-state index is -1.25. The number of aromatic amines is 1. The van der Waals surface area contributed by atoms with Gasteiger partial charge in [-0.15, -0.1) is 0 Å². The molecule has 1 saturated heterocycles. The van der Waals surface area contributed by atoms with Crippen LogP contribution in [0.2, 0.25) is 0 Å². The zero-order valence-corrected chi connectivity index (χ0v) is 17.0. The van der Waals surface area contributed by atoms with Crippen molar-refractivity contribution in [3.8, 4) is 0 Å². The molecule has 0 radical (unpaired) electrons. The number of ether oxygens (including phenoxy) is 1. The first-order valence-corrected chi connectivity index (χ1v) is 10.5. The average molecular weight is 394 g/mol. The Kier molecular flexibility index (Phi) is 4.60. The SMILES string of the molecule is CCNc1cccc([C@@H]2c3[nH]c4ccccc4c3C[C@@H](C)N2CC2(F)COC2)c1. The van der Waals surface area contributed by atoms with E-state index in [9.17, 15) is 0 Å². The van der Waals surface area contributed by atoms with Crippen LogP contribution in [0.25, 0.3) is 10.9 Å². The fourth-order valence-corrected chi connectivity index (χ4v) is 4.88. The van der Waals surface area contributed by atoms with Crippen LogP contribution in [0, 0.1) is 0 Å². The molecular weight excluding hydrogens is 365 g/mol. The highest BCUT2D eigenvalue weighted by Crippen LogP contribution is 2.42. The highest BCUT2D eigenvalue weighted by atomic mass is 19.1. The second-order valence-corrected chi connectivity index (χ2v) is 8.49.